The molecular weight excluding hydrogens is 230 g/mol. The molecule has 0 aliphatic carbocycles. The minimum Gasteiger partial charge on any atom is -0.465 e. The molecule has 2 heterocycles. The lowest BCUT2D eigenvalue weighted by atomic mass is 10.2. The van der Waals surface area contributed by atoms with E-state index >= 15 is 0 Å². The number of hydrogen-bond acceptors (Lipinski definition) is 5. The van der Waals surface area contributed by atoms with Crippen molar-refractivity contribution in [3.63, 3.8) is 0 Å². The van der Waals surface area contributed by atoms with Crippen molar-refractivity contribution in [2.24, 2.45) is 0 Å². The number of carbonyl (C=O) groups is 1. The zero-order chi connectivity index (χ0) is 10.8. The number of methoxy groups -OCH3 is 1. The first-order valence-corrected chi connectivity index (χ1v) is 6.76. The van der Waals surface area contributed by atoms with E-state index in [1.807, 2.05) is 18.7 Å². The van der Waals surface area contributed by atoms with Gasteiger partial charge in [0.2, 0.25) is 0 Å². The molecule has 1 saturated heterocycles. The van der Waals surface area contributed by atoms with Crippen LogP contribution < -0.4 is 0 Å². The van der Waals surface area contributed by atoms with Crippen molar-refractivity contribution >= 4 is 29.1 Å². The van der Waals surface area contributed by atoms with Crippen molar-refractivity contribution in [2.75, 3.05) is 12.9 Å². The Bertz CT molecular complexity index is 369. The van der Waals surface area contributed by atoms with E-state index in [1.54, 1.807) is 0 Å². The number of aromatic nitrogens is 1. The van der Waals surface area contributed by atoms with E-state index in [4.69, 9.17) is 4.74 Å². The lowest BCUT2D eigenvalue weighted by Crippen LogP contribution is -1.99. The van der Waals surface area contributed by atoms with Crippen LogP contribution in [0.25, 0.3) is 0 Å². The molecule has 1 unspecified atom stereocenters. The van der Waals surface area contributed by atoms with Gasteiger partial charge in [-0.25, -0.2) is 9.78 Å². The Hall–Kier alpha value is -0.550. The molecule has 15 heavy (non-hydrogen) atoms. The topological polar surface area (TPSA) is 39.2 Å². The summed E-state index contributed by atoms with van der Waals surface area (Å²) in [7, 11) is 1.41. The van der Waals surface area contributed by atoms with Crippen LogP contribution in [0.15, 0.2) is 0 Å². The van der Waals surface area contributed by atoms with Crippen LogP contribution in [-0.4, -0.2) is 23.8 Å². The number of esters is 1. The van der Waals surface area contributed by atoms with Gasteiger partial charge in [0, 0.05) is 0 Å². The summed E-state index contributed by atoms with van der Waals surface area (Å²) in [6.45, 7) is 1.87. The van der Waals surface area contributed by atoms with Gasteiger partial charge in [-0.3, -0.25) is 0 Å². The second-order valence-corrected chi connectivity index (χ2v) is 5.80. The van der Waals surface area contributed by atoms with Crippen molar-refractivity contribution in [1.82, 2.24) is 4.98 Å². The first kappa shape index (κ1) is 11.0. The lowest BCUT2D eigenvalue weighted by Gasteiger charge is -2.01. The summed E-state index contributed by atoms with van der Waals surface area (Å²) in [6.07, 6.45) is 2.43. The fourth-order valence-electron chi connectivity index (χ4n) is 1.61. The lowest BCUT2D eigenvalue weighted by molar-refractivity contribution is 0.0605. The summed E-state index contributed by atoms with van der Waals surface area (Å²) < 4.78 is 4.72. The van der Waals surface area contributed by atoms with E-state index in [2.05, 4.69) is 4.98 Å². The molecule has 0 radical (unpaired) electrons. The average Bonchev–Trinajstić information content (AvgIpc) is 2.84. The van der Waals surface area contributed by atoms with Gasteiger partial charge in [-0.05, 0) is 25.5 Å². The smallest absolute Gasteiger partial charge is 0.349 e. The highest BCUT2D eigenvalue weighted by atomic mass is 32.2. The predicted molar refractivity (Wildman–Crippen MR) is 62.6 cm³/mol. The average molecular weight is 243 g/mol. The molecule has 0 spiro atoms. The Morgan fingerprint density at radius 2 is 2.40 bits per heavy atom. The Labute approximate surface area is 97.2 Å². The van der Waals surface area contributed by atoms with E-state index in [9.17, 15) is 4.79 Å². The van der Waals surface area contributed by atoms with E-state index in [0.717, 1.165) is 10.7 Å². The van der Waals surface area contributed by atoms with E-state index in [-0.39, 0.29) is 5.97 Å². The van der Waals surface area contributed by atoms with E-state index in [1.165, 1.54) is 37.0 Å². The van der Waals surface area contributed by atoms with E-state index < -0.39 is 0 Å². The minimum atomic E-state index is -0.265. The summed E-state index contributed by atoms with van der Waals surface area (Å²) in [5, 5.41) is 1.57. The fraction of sp³-hybridized carbons (Fsp3) is 0.600. The summed E-state index contributed by atoms with van der Waals surface area (Å²) >= 11 is 3.42. The predicted octanol–water partition coefficient (Wildman–Crippen LogP) is 2.81. The molecule has 0 saturated carbocycles. The summed E-state index contributed by atoms with van der Waals surface area (Å²) in [4.78, 5) is 16.5. The maximum atomic E-state index is 11.4. The monoisotopic (exact) mass is 243 g/mol. The van der Waals surface area contributed by atoms with Crippen LogP contribution in [0.3, 0.4) is 0 Å². The van der Waals surface area contributed by atoms with Gasteiger partial charge in [0.25, 0.3) is 0 Å². The number of thioether (sulfide) groups is 1. The second kappa shape index (κ2) is 4.53. The normalized spacial score (nSPS) is 20.5. The maximum Gasteiger partial charge on any atom is 0.349 e. The summed E-state index contributed by atoms with van der Waals surface area (Å²) in [6, 6.07) is 0. The standard InChI is InChI=1S/C10H13NO2S2/c1-6-8(10(12)13-2)15-9(11-6)7-4-3-5-14-7/h7H,3-5H2,1-2H3. The highest BCUT2D eigenvalue weighted by Crippen LogP contribution is 2.42. The van der Waals surface area contributed by atoms with Crippen LogP contribution in [-0.2, 0) is 4.74 Å². The van der Waals surface area contributed by atoms with Crippen LogP contribution in [0.2, 0.25) is 0 Å². The molecule has 0 bridgehead atoms. The SMILES string of the molecule is COC(=O)c1sc(C2CCCS2)nc1C. The van der Waals surface area contributed by atoms with Gasteiger partial charge < -0.3 is 4.74 Å². The fourth-order valence-corrected chi connectivity index (χ4v) is 4.11. The highest BCUT2D eigenvalue weighted by molar-refractivity contribution is 7.99. The molecule has 1 aliphatic heterocycles. The minimum absolute atomic E-state index is 0.265. The van der Waals surface area contributed by atoms with Crippen molar-refractivity contribution in [1.29, 1.82) is 0 Å². The van der Waals surface area contributed by atoms with Crippen LogP contribution in [0.5, 0.6) is 0 Å². The van der Waals surface area contributed by atoms with E-state index in [0.29, 0.717) is 10.1 Å². The van der Waals surface area contributed by atoms with Crippen molar-refractivity contribution in [3.05, 3.63) is 15.6 Å². The molecule has 0 amide bonds. The molecule has 3 nitrogen and oxygen atoms in total. The van der Waals surface area contributed by atoms with Crippen molar-refractivity contribution < 1.29 is 9.53 Å². The zero-order valence-corrected chi connectivity index (χ0v) is 10.4. The largest absolute Gasteiger partial charge is 0.465 e. The molecule has 1 aromatic heterocycles. The van der Waals surface area contributed by atoms with Gasteiger partial charge in [0.15, 0.2) is 0 Å². The number of nitrogens with zero attached hydrogens (tertiary/aromatic N) is 1. The van der Waals surface area contributed by atoms with Gasteiger partial charge in [0.05, 0.1) is 18.1 Å². The van der Waals surface area contributed by atoms with Crippen molar-refractivity contribution in [2.45, 2.75) is 25.0 Å². The third-order valence-electron chi connectivity index (χ3n) is 2.39. The van der Waals surface area contributed by atoms with Crippen LogP contribution in [0.1, 0.15) is 38.5 Å². The van der Waals surface area contributed by atoms with Crippen molar-refractivity contribution in [3.8, 4) is 0 Å². The van der Waals surface area contributed by atoms with Gasteiger partial charge in [-0.1, -0.05) is 0 Å². The van der Waals surface area contributed by atoms with Crippen LogP contribution in [0.4, 0.5) is 0 Å². The Kier molecular flexibility index (Phi) is 3.31. The summed E-state index contributed by atoms with van der Waals surface area (Å²) in [5.41, 5.74) is 0.800. The maximum absolute atomic E-state index is 11.4. The Balaban J connectivity index is 2.23. The molecule has 1 atom stereocenters. The number of carbonyl (C=O) groups excluding carboxylic acids is 1. The zero-order valence-electron chi connectivity index (χ0n) is 8.78. The number of aryl methyl sites for hydroxylation is 1. The third kappa shape index (κ3) is 2.18. The van der Waals surface area contributed by atoms with Gasteiger partial charge in [-0.15, -0.1) is 11.3 Å². The third-order valence-corrected chi connectivity index (χ3v) is 5.18. The molecule has 5 heteroatoms. The number of rotatable bonds is 2. The first-order valence-electron chi connectivity index (χ1n) is 4.89. The second-order valence-electron chi connectivity index (χ2n) is 3.46. The molecule has 0 aromatic carbocycles. The van der Waals surface area contributed by atoms with Crippen LogP contribution in [0, 0.1) is 6.92 Å². The quantitative estimate of drug-likeness (QED) is 0.749. The molecule has 0 N–H and O–H groups in total. The van der Waals surface area contributed by atoms with Gasteiger partial charge in [0.1, 0.15) is 9.88 Å². The highest BCUT2D eigenvalue weighted by Gasteiger charge is 2.24. The number of thiazole rings is 1. The molecule has 2 rings (SSSR count). The first-order chi connectivity index (χ1) is 7.22. The summed E-state index contributed by atoms with van der Waals surface area (Å²) in [5.74, 6) is 0.941. The molecule has 1 fully saturated rings. The van der Waals surface area contributed by atoms with Crippen LogP contribution >= 0.6 is 23.1 Å². The molecule has 1 aliphatic rings. The molecular formula is C10H13NO2S2. The molecule has 1 aromatic rings. The number of hydrogen-bond donors (Lipinski definition) is 0. The van der Waals surface area contributed by atoms with Gasteiger partial charge >= 0.3 is 5.97 Å². The van der Waals surface area contributed by atoms with Gasteiger partial charge in [-0.2, -0.15) is 11.8 Å². The number of ether oxygens (including phenoxy) is 1. The Morgan fingerprint density at radius 3 is 3.00 bits per heavy atom. The molecule has 82 valence electrons. The Morgan fingerprint density at radius 1 is 1.60 bits per heavy atom.